The maximum atomic E-state index is 13.1. The zero-order valence-corrected chi connectivity index (χ0v) is 15.0. The molecule has 2 aromatic rings. The van der Waals surface area contributed by atoms with E-state index in [-0.39, 0.29) is 11.3 Å². The number of ether oxygens (including phenoxy) is 1. The molecule has 0 unspecified atom stereocenters. The van der Waals surface area contributed by atoms with E-state index in [4.69, 9.17) is 4.74 Å². The van der Waals surface area contributed by atoms with Crippen LogP contribution in [0, 0.1) is 19.3 Å². The minimum atomic E-state index is 0.120. The van der Waals surface area contributed by atoms with Crippen LogP contribution in [0.4, 0.5) is 0 Å². The van der Waals surface area contributed by atoms with Gasteiger partial charge in [0.25, 0.3) is 5.91 Å². The van der Waals surface area contributed by atoms with E-state index < -0.39 is 0 Å². The Morgan fingerprint density at radius 1 is 1.24 bits per heavy atom. The normalized spacial score (nSPS) is 23.4. The van der Waals surface area contributed by atoms with E-state index in [1.54, 1.807) is 0 Å². The van der Waals surface area contributed by atoms with Crippen molar-refractivity contribution in [2.24, 2.45) is 5.41 Å². The number of amides is 1. The van der Waals surface area contributed by atoms with Crippen molar-refractivity contribution < 1.29 is 9.53 Å². The van der Waals surface area contributed by atoms with Gasteiger partial charge < -0.3 is 9.64 Å². The van der Waals surface area contributed by atoms with Gasteiger partial charge in [-0.3, -0.25) is 4.79 Å². The molecule has 2 aliphatic heterocycles. The number of rotatable bonds is 2. The van der Waals surface area contributed by atoms with Crippen molar-refractivity contribution in [2.45, 2.75) is 33.1 Å². The first-order valence-corrected chi connectivity index (χ1v) is 9.07. The van der Waals surface area contributed by atoms with Gasteiger partial charge in [-0.25, -0.2) is 4.68 Å². The van der Waals surface area contributed by atoms with E-state index in [0.717, 1.165) is 61.8 Å². The topological polar surface area (TPSA) is 47.4 Å². The summed E-state index contributed by atoms with van der Waals surface area (Å²) in [5.74, 6) is 0.120. The van der Waals surface area contributed by atoms with Crippen molar-refractivity contribution in [3.05, 3.63) is 47.3 Å². The SMILES string of the molecule is Cc1cc(C)n(-c2cccc(C(=O)N3CCC[C@]4(CCOC4)C3)c2)n1. The molecule has 132 valence electrons. The second-order valence-corrected chi connectivity index (χ2v) is 7.52. The minimum Gasteiger partial charge on any atom is -0.381 e. The van der Waals surface area contributed by atoms with Crippen molar-refractivity contribution in [1.29, 1.82) is 0 Å². The van der Waals surface area contributed by atoms with Crippen LogP contribution in [0.1, 0.15) is 41.0 Å². The molecular formula is C20H25N3O2. The average molecular weight is 339 g/mol. The number of hydrogen-bond acceptors (Lipinski definition) is 3. The average Bonchev–Trinajstić information content (AvgIpc) is 3.20. The number of likely N-dealkylation sites (tertiary alicyclic amines) is 1. The summed E-state index contributed by atoms with van der Waals surface area (Å²) in [6.07, 6.45) is 3.30. The monoisotopic (exact) mass is 339 g/mol. The molecule has 1 amide bonds. The molecule has 0 saturated carbocycles. The third-order valence-corrected chi connectivity index (χ3v) is 5.48. The van der Waals surface area contributed by atoms with E-state index in [2.05, 4.69) is 5.10 Å². The van der Waals surface area contributed by atoms with E-state index in [1.807, 2.05) is 53.8 Å². The van der Waals surface area contributed by atoms with Crippen molar-refractivity contribution in [3.8, 4) is 5.69 Å². The molecule has 1 atom stereocenters. The molecule has 25 heavy (non-hydrogen) atoms. The highest BCUT2D eigenvalue weighted by Crippen LogP contribution is 2.38. The second-order valence-electron chi connectivity index (χ2n) is 7.52. The lowest BCUT2D eigenvalue weighted by atomic mass is 9.79. The molecule has 2 fully saturated rings. The minimum absolute atomic E-state index is 0.120. The largest absolute Gasteiger partial charge is 0.381 e. The van der Waals surface area contributed by atoms with Gasteiger partial charge in [-0.2, -0.15) is 5.10 Å². The van der Waals surface area contributed by atoms with Gasteiger partial charge in [0.1, 0.15) is 0 Å². The van der Waals surface area contributed by atoms with Crippen LogP contribution < -0.4 is 0 Å². The van der Waals surface area contributed by atoms with E-state index >= 15 is 0 Å². The maximum absolute atomic E-state index is 13.1. The number of carbonyl (C=O) groups excluding carboxylic acids is 1. The molecule has 5 heteroatoms. The van der Waals surface area contributed by atoms with Crippen molar-refractivity contribution in [1.82, 2.24) is 14.7 Å². The Balaban J connectivity index is 1.58. The summed E-state index contributed by atoms with van der Waals surface area (Å²) < 4.78 is 7.51. The molecule has 2 saturated heterocycles. The number of aryl methyl sites for hydroxylation is 2. The lowest BCUT2D eigenvalue weighted by Crippen LogP contribution is -2.46. The number of aromatic nitrogens is 2. The Kier molecular flexibility index (Phi) is 4.12. The molecule has 0 N–H and O–H groups in total. The van der Waals surface area contributed by atoms with Gasteiger partial charge in [-0.15, -0.1) is 0 Å². The van der Waals surface area contributed by atoms with Crippen LogP contribution in [0.2, 0.25) is 0 Å². The Morgan fingerprint density at radius 3 is 2.84 bits per heavy atom. The number of hydrogen-bond donors (Lipinski definition) is 0. The Labute approximate surface area is 148 Å². The fourth-order valence-electron chi connectivity index (χ4n) is 4.20. The van der Waals surface area contributed by atoms with Gasteiger partial charge in [0.2, 0.25) is 0 Å². The van der Waals surface area contributed by atoms with Gasteiger partial charge in [-0.05, 0) is 57.4 Å². The van der Waals surface area contributed by atoms with Gasteiger partial charge in [-0.1, -0.05) is 6.07 Å². The van der Waals surface area contributed by atoms with Crippen LogP contribution in [0.25, 0.3) is 5.69 Å². The highest BCUT2D eigenvalue weighted by molar-refractivity contribution is 5.94. The first-order valence-electron chi connectivity index (χ1n) is 9.07. The van der Waals surface area contributed by atoms with Crippen LogP contribution in [-0.2, 0) is 4.74 Å². The fraction of sp³-hybridized carbons (Fsp3) is 0.500. The summed E-state index contributed by atoms with van der Waals surface area (Å²) in [6.45, 7) is 7.29. The zero-order valence-electron chi connectivity index (χ0n) is 15.0. The molecule has 2 aliphatic rings. The molecule has 0 radical (unpaired) electrons. The summed E-state index contributed by atoms with van der Waals surface area (Å²) in [7, 11) is 0. The lowest BCUT2D eigenvalue weighted by molar-refractivity contribution is 0.0462. The Morgan fingerprint density at radius 2 is 2.12 bits per heavy atom. The molecule has 5 nitrogen and oxygen atoms in total. The predicted octanol–water partition coefficient (Wildman–Crippen LogP) is 3.13. The van der Waals surface area contributed by atoms with E-state index in [9.17, 15) is 4.79 Å². The third-order valence-electron chi connectivity index (χ3n) is 5.48. The highest BCUT2D eigenvalue weighted by atomic mass is 16.5. The Hall–Kier alpha value is -2.14. The zero-order chi connectivity index (χ0) is 17.4. The summed E-state index contributed by atoms with van der Waals surface area (Å²) >= 11 is 0. The van der Waals surface area contributed by atoms with Crippen molar-refractivity contribution >= 4 is 5.91 Å². The third kappa shape index (κ3) is 3.09. The van der Waals surface area contributed by atoms with Crippen LogP contribution in [0.15, 0.2) is 30.3 Å². The standard InChI is InChI=1S/C20H25N3O2/c1-15-11-16(2)23(21-15)18-6-3-5-17(12-18)19(24)22-9-4-7-20(13-22)8-10-25-14-20/h3,5-6,11-12H,4,7-10,13-14H2,1-2H3/t20-/m0/s1. The first-order chi connectivity index (χ1) is 12.1. The summed E-state index contributed by atoms with van der Waals surface area (Å²) in [4.78, 5) is 15.1. The molecule has 1 aromatic carbocycles. The summed E-state index contributed by atoms with van der Waals surface area (Å²) in [5.41, 5.74) is 3.91. The molecular weight excluding hydrogens is 314 g/mol. The van der Waals surface area contributed by atoms with E-state index in [0.29, 0.717) is 0 Å². The highest BCUT2D eigenvalue weighted by Gasteiger charge is 2.40. The van der Waals surface area contributed by atoms with E-state index in [1.165, 1.54) is 6.42 Å². The predicted molar refractivity (Wildman–Crippen MR) is 96.0 cm³/mol. The smallest absolute Gasteiger partial charge is 0.253 e. The number of carbonyl (C=O) groups is 1. The van der Waals surface area contributed by atoms with Gasteiger partial charge in [0.05, 0.1) is 18.0 Å². The molecule has 0 bridgehead atoms. The fourth-order valence-corrected chi connectivity index (χ4v) is 4.20. The second kappa shape index (κ2) is 6.30. The van der Waals surface area contributed by atoms with Gasteiger partial charge in [0, 0.05) is 36.4 Å². The summed E-state index contributed by atoms with van der Waals surface area (Å²) in [5, 5.41) is 4.53. The molecule has 1 aromatic heterocycles. The first kappa shape index (κ1) is 16.3. The van der Waals surface area contributed by atoms with Crippen molar-refractivity contribution in [3.63, 3.8) is 0 Å². The van der Waals surface area contributed by atoms with Crippen molar-refractivity contribution in [2.75, 3.05) is 26.3 Å². The number of nitrogens with zero attached hydrogens (tertiary/aromatic N) is 3. The van der Waals surface area contributed by atoms with Crippen LogP contribution in [0.3, 0.4) is 0 Å². The van der Waals surface area contributed by atoms with Crippen LogP contribution in [0.5, 0.6) is 0 Å². The molecule has 0 aliphatic carbocycles. The van der Waals surface area contributed by atoms with Crippen LogP contribution in [-0.4, -0.2) is 46.9 Å². The number of piperidine rings is 1. The quantitative estimate of drug-likeness (QED) is 0.844. The number of benzene rings is 1. The van der Waals surface area contributed by atoms with Gasteiger partial charge >= 0.3 is 0 Å². The lowest BCUT2D eigenvalue weighted by Gasteiger charge is -2.39. The molecule has 3 heterocycles. The Bertz CT molecular complexity index is 790. The molecule has 1 spiro atoms. The van der Waals surface area contributed by atoms with Gasteiger partial charge in [0.15, 0.2) is 0 Å². The maximum Gasteiger partial charge on any atom is 0.253 e. The summed E-state index contributed by atoms with van der Waals surface area (Å²) in [6, 6.07) is 9.84. The van der Waals surface area contributed by atoms with Crippen LogP contribution >= 0.6 is 0 Å². The molecule has 4 rings (SSSR count).